The Morgan fingerprint density at radius 2 is 1.81 bits per heavy atom. The number of aromatic nitrogens is 1. The number of benzene rings is 2. The molecule has 0 saturated carbocycles. The van der Waals surface area contributed by atoms with Crippen LogP contribution in [0.25, 0.3) is 0 Å². The minimum Gasteiger partial charge on any atom is -0.488 e. The zero-order chi connectivity index (χ0) is 31.3. The second-order valence-corrected chi connectivity index (χ2v) is 10.8. The maximum absolute atomic E-state index is 13.4. The van der Waals surface area contributed by atoms with Crippen molar-refractivity contribution in [1.82, 2.24) is 15.0 Å². The van der Waals surface area contributed by atoms with E-state index in [-0.39, 0.29) is 37.4 Å². The molecule has 0 aliphatic carbocycles. The van der Waals surface area contributed by atoms with E-state index in [2.05, 4.69) is 21.1 Å². The van der Waals surface area contributed by atoms with Crippen molar-refractivity contribution in [3.63, 3.8) is 0 Å². The van der Waals surface area contributed by atoms with Crippen LogP contribution in [0.4, 0.5) is 31.0 Å². The molecule has 12 nitrogen and oxygen atoms in total. The van der Waals surface area contributed by atoms with Crippen molar-refractivity contribution in [2.75, 3.05) is 42.7 Å². The number of nitrogens with zero attached hydrogens (tertiary/aromatic N) is 3. The minimum absolute atomic E-state index is 0.0312. The molecule has 1 aromatic heterocycles. The summed E-state index contributed by atoms with van der Waals surface area (Å²) >= 11 is 0. The highest BCUT2D eigenvalue weighted by molar-refractivity contribution is 6.00. The van der Waals surface area contributed by atoms with Crippen LogP contribution in [0, 0.1) is 25.6 Å². The second-order valence-electron chi connectivity index (χ2n) is 10.8. The van der Waals surface area contributed by atoms with Crippen LogP contribution in [0.1, 0.15) is 30.9 Å². The van der Waals surface area contributed by atoms with E-state index in [0.717, 1.165) is 0 Å². The third kappa shape index (κ3) is 7.80. The van der Waals surface area contributed by atoms with Gasteiger partial charge in [-0.3, -0.25) is 4.79 Å². The molecule has 3 atom stereocenters. The standard InChI is InChI=1S/C30H37FN6O6/c1-17-14-37(18(2)16-38)27(39)13-21-12-24(33-29(40)32-23-8-6-22(31)7-9-23)10-11-25(21)42-26(17)15-36(5)30(41)34-28-19(3)35-43-20(28)4/h6-12,17-18,26,38H,13-16H2,1-5H3,(H,34,41)(H2,32,33,40)/t17-,18+,26-/m1/s1. The summed E-state index contributed by atoms with van der Waals surface area (Å²) in [5.74, 6) is 0.0716. The van der Waals surface area contributed by atoms with Crippen molar-refractivity contribution >= 4 is 35.0 Å². The number of aliphatic hydroxyl groups excluding tert-OH is 1. The summed E-state index contributed by atoms with van der Waals surface area (Å²) in [6, 6.07) is 8.96. The largest absolute Gasteiger partial charge is 0.488 e. The number of ether oxygens (including phenoxy) is 1. The molecule has 2 heterocycles. The molecule has 0 spiro atoms. The number of carbonyl (C=O) groups is 3. The first-order valence-electron chi connectivity index (χ1n) is 13.9. The Labute approximate surface area is 249 Å². The van der Waals surface area contributed by atoms with Gasteiger partial charge in [0.1, 0.15) is 29.1 Å². The van der Waals surface area contributed by atoms with Crippen LogP contribution in [0.3, 0.4) is 0 Å². The Kier molecular flexibility index (Phi) is 9.86. The van der Waals surface area contributed by atoms with Crippen molar-refractivity contribution in [3.8, 4) is 5.75 Å². The predicted octanol–water partition coefficient (Wildman–Crippen LogP) is 4.39. The molecule has 0 saturated heterocycles. The third-order valence-electron chi connectivity index (χ3n) is 7.34. The minimum atomic E-state index is -0.546. The van der Waals surface area contributed by atoms with Crippen LogP contribution >= 0.6 is 0 Å². The van der Waals surface area contributed by atoms with E-state index in [9.17, 15) is 23.9 Å². The molecule has 0 fully saturated rings. The smallest absolute Gasteiger partial charge is 0.323 e. The molecular formula is C30H37FN6O6. The number of rotatable bonds is 7. The van der Waals surface area contributed by atoms with Gasteiger partial charge in [0, 0.05) is 36.4 Å². The van der Waals surface area contributed by atoms with Gasteiger partial charge in [-0.2, -0.15) is 0 Å². The number of carbonyl (C=O) groups excluding carboxylic acids is 3. The molecule has 3 aromatic rings. The van der Waals surface area contributed by atoms with E-state index in [1.54, 1.807) is 50.9 Å². The van der Waals surface area contributed by atoms with E-state index < -0.39 is 24.0 Å². The molecule has 2 aromatic carbocycles. The number of anilines is 3. The van der Waals surface area contributed by atoms with Gasteiger partial charge in [0.25, 0.3) is 0 Å². The number of nitrogens with one attached hydrogen (secondary N) is 3. The highest BCUT2D eigenvalue weighted by Gasteiger charge is 2.32. The average Bonchev–Trinajstić information content (AvgIpc) is 3.30. The van der Waals surface area contributed by atoms with Gasteiger partial charge in [-0.1, -0.05) is 12.1 Å². The summed E-state index contributed by atoms with van der Waals surface area (Å²) in [6.07, 6.45) is -0.560. The third-order valence-corrected chi connectivity index (χ3v) is 7.34. The topological polar surface area (TPSA) is 149 Å². The second kappa shape index (κ2) is 13.6. The number of halogens is 1. The Bertz CT molecular complexity index is 1440. The molecule has 13 heteroatoms. The van der Waals surface area contributed by atoms with E-state index in [4.69, 9.17) is 9.26 Å². The zero-order valence-electron chi connectivity index (χ0n) is 24.8. The van der Waals surface area contributed by atoms with Gasteiger partial charge in [0.05, 0.1) is 25.6 Å². The number of likely N-dealkylation sites (N-methyl/N-ethyl adjacent to an activating group) is 1. The van der Waals surface area contributed by atoms with Crippen molar-refractivity contribution in [1.29, 1.82) is 0 Å². The van der Waals surface area contributed by atoms with Crippen molar-refractivity contribution in [2.45, 2.75) is 46.3 Å². The summed E-state index contributed by atoms with van der Waals surface area (Å²) in [4.78, 5) is 42.2. The van der Waals surface area contributed by atoms with Gasteiger partial charge in [0.15, 0.2) is 5.76 Å². The fourth-order valence-corrected chi connectivity index (χ4v) is 4.77. The SMILES string of the molecule is Cc1noc(C)c1NC(=O)N(C)C[C@H]1Oc2ccc(NC(=O)Nc3ccc(F)cc3)cc2CC(=O)N([C@@H](C)CO)C[C@H]1C. The average molecular weight is 597 g/mol. The number of aliphatic hydroxyl groups is 1. The van der Waals surface area contributed by atoms with Crippen LogP contribution in [0.5, 0.6) is 5.75 Å². The highest BCUT2D eigenvalue weighted by atomic mass is 19.1. The molecular weight excluding hydrogens is 559 g/mol. The summed E-state index contributed by atoms with van der Waals surface area (Å²) < 4.78 is 24.8. The van der Waals surface area contributed by atoms with Gasteiger partial charge in [-0.05, 0) is 63.2 Å². The molecule has 43 heavy (non-hydrogen) atoms. The lowest BCUT2D eigenvalue weighted by Gasteiger charge is -2.34. The van der Waals surface area contributed by atoms with Gasteiger partial charge in [0.2, 0.25) is 5.91 Å². The molecule has 5 amide bonds. The molecule has 4 N–H and O–H groups in total. The van der Waals surface area contributed by atoms with Gasteiger partial charge < -0.3 is 40.1 Å². The lowest BCUT2D eigenvalue weighted by Crippen LogP contribution is -2.48. The summed E-state index contributed by atoms with van der Waals surface area (Å²) in [5.41, 5.74) is 2.41. The number of fused-ring (bicyclic) bond motifs is 1. The molecule has 0 radical (unpaired) electrons. The lowest BCUT2D eigenvalue weighted by atomic mass is 10.0. The van der Waals surface area contributed by atoms with Gasteiger partial charge in [-0.25, -0.2) is 14.0 Å². The van der Waals surface area contributed by atoms with E-state index >= 15 is 0 Å². The summed E-state index contributed by atoms with van der Waals surface area (Å²) in [5, 5.41) is 21.9. The highest BCUT2D eigenvalue weighted by Crippen LogP contribution is 2.29. The van der Waals surface area contributed by atoms with E-state index in [1.165, 1.54) is 29.2 Å². The van der Waals surface area contributed by atoms with Crippen LogP contribution in [0.15, 0.2) is 47.0 Å². The first-order valence-corrected chi connectivity index (χ1v) is 13.9. The fourth-order valence-electron chi connectivity index (χ4n) is 4.77. The summed E-state index contributed by atoms with van der Waals surface area (Å²) in [7, 11) is 1.64. The Morgan fingerprint density at radius 3 is 2.47 bits per heavy atom. The quantitative estimate of drug-likeness (QED) is 0.316. The summed E-state index contributed by atoms with van der Waals surface area (Å²) in [6.45, 7) is 7.39. The van der Waals surface area contributed by atoms with Crippen LogP contribution in [-0.4, -0.2) is 76.9 Å². The monoisotopic (exact) mass is 596 g/mol. The molecule has 4 rings (SSSR count). The number of hydrogen-bond donors (Lipinski definition) is 4. The predicted molar refractivity (Wildman–Crippen MR) is 159 cm³/mol. The number of hydrogen-bond acceptors (Lipinski definition) is 7. The van der Waals surface area contributed by atoms with Crippen molar-refractivity contribution in [3.05, 3.63) is 65.3 Å². The van der Waals surface area contributed by atoms with E-state index in [0.29, 0.717) is 46.4 Å². The molecule has 1 aliphatic rings. The molecule has 230 valence electrons. The van der Waals surface area contributed by atoms with Crippen molar-refractivity contribution < 1.29 is 33.1 Å². The zero-order valence-corrected chi connectivity index (χ0v) is 24.8. The lowest BCUT2D eigenvalue weighted by molar-refractivity contribution is -0.134. The van der Waals surface area contributed by atoms with E-state index in [1.807, 2.05) is 6.92 Å². The number of urea groups is 2. The fraction of sp³-hybridized carbons (Fsp3) is 0.400. The first-order chi connectivity index (χ1) is 20.4. The van der Waals surface area contributed by atoms with Crippen LogP contribution in [-0.2, 0) is 11.2 Å². The maximum Gasteiger partial charge on any atom is 0.323 e. The molecule has 1 aliphatic heterocycles. The number of amides is 5. The number of aryl methyl sites for hydroxylation is 2. The molecule has 0 unspecified atom stereocenters. The Morgan fingerprint density at radius 1 is 1.14 bits per heavy atom. The van der Waals surface area contributed by atoms with Gasteiger partial charge >= 0.3 is 12.1 Å². The van der Waals surface area contributed by atoms with Crippen LogP contribution < -0.4 is 20.7 Å². The maximum atomic E-state index is 13.4. The normalized spacial score (nSPS) is 17.5. The van der Waals surface area contributed by atoms with Crippen LogP contribution in [0.2, 0.25) is 0 Å². The Balaban J connectivity index is 1.56. The Hall–Kier alpha value is -4.65. The van der Waals surface area contributed by atoms with Gasteiger partial charge in [-0.15, -0.1) is 0 Å². The first kappa shape index (κ1) is 31.3. The molecule has 0 bridgehead atoms. The van der Waals surface area contributed by atoms with Crippen molar-refractivity contribution in [2.24, 2.45) is 5.92 Å².